The fourth-order valence-corrected chi connectivity index (χ4v) is 3.95. The largest absolute Gasteiger partial charge is 0.326 e. The van der Waals surface area contributed by atoms with Crippen LogP contribution in [0.5, 0.6) is 0 Å². The number of benzene rings is 2. The van der Waals surface area contributed by atoms with E-state index in [4.69, 9.17) is 0 Å². The van der Waals surface area contributed by atoms with Crippen molar-refractivity contribution >= 4 is 35.0 Å². The summed E-state index contributed by atoms with van der Waals surface area (Å²) in [6.07, 6.45) is 1.79. The Bertz CT molecular complexity index is 1190. The molecule has 0 unspecified atom stereocenters. The second-order valence-electron chi connectivity index (χ2n) is 7.96. The molecule has 2 amide bonds. The molecule has 3 aromatic rings. The number of carbonyl (C=O) groups excluding carboxylic acids is 2. The van der Waals surface area contributed by atoms with Crippen molar-refractivity contribution < 1.29 is 9.59 Å². The van der Waals surface area contributed by atoms with Crippen LogP contribution in [0.15, 0.2) is 54.2 Å². The maximum Gasteiger partial charge on any atom is 0.234 e. The third kappa shape index (κ3) is 6.55. The maximum atomic E-state index is 12.6. The lowest BCUT2D eigenvalue weighted by Gasteiger charge is -2.10. The summed E-state index contributed by atoms with van der Waals surface area (Å²) in [5.41, 5.74) is 6.08. The van der Waals surface area contributed by atoms with Crippen molar-refractivity contribution in [2.45, 2.75) is 45.8 Å². The molecular formula is C25H29N5O2S. The van der Waals surface area contributed by atoms with E-state index in [1.807, 2.05) is 64.1 Å². The van der Waals surface area contributed by atoms with Crippen LogP contribution in [-0.4, -0.2) is 32.3 Å². The zero-order valence-electron chi connectivity index (χ0n) is 19.4. The van der Waals surface area contributed by atoms with Gasteiger partial charge in [-0.25, -0.2) is 0 Å². The molecule has 0 saturated carbocycles. The predicted octanol–water partition coefficient (Wildman–Crippen LogP) is 4.61. The molecule has 7 nitrogen and oxygen atoms in total. The van der Waals surface area contributed by atoms with E-state index in [0.29, 0.717) is 17.5 Å². The standard InChI is InChI=1S/C25H29N5O2S/c1-6-11-30-22(14-23(31)26-20-9-7-16(2)18(4)12-20)28-29-25(30)33-15-24(32)27-21-10-8-17(3)19(5)13-21/h6-10,12-13H,1,11,14-15H2,2-5H3,(H,26,31)(H,27,32). The maximum absolute atomic E-state index is 12.6. The van der Waals surface area contributed by atoms with E-state index in [0.717, 1.165) is 22.5 Å². The van der Waals surface area contributed by atoms with Crippen molar-refractivity contribution in [1.82, 2.24) is 14.8 Å². The van der Waals surface area contributed by atoms with Crippen LogP contribution in [0.25, 0.3) is 0 Å². The number of allylic oxidation sites excluding steroid dienone is 1. The minimum absolute atomic E-state index is 0.0726. The summed E-state index contributed by atoms with van der Waals surface area (Å²) in [6, 6.07) is 11.6. The van der Waals surface area contributed by atoms with E-state index in [1.54, 1.807) is 10.6 Å². The van der Waals surface area contributed by atoms with Gasteiger partial charge in [0.25, 0.3) is 0 Å². The zero-order chi connectivity index (χ0) is 24.0. The molecule has 0 radical (unpaired) electrons. The quantitative estimate of drug-likeness (QED) is 0.357. The fraction of sp³-hybridized carbons (Fsp3) is 0.280. The molecule has 0 fully saturated rings. The van der Waals surface area contributed by atoms with Gasteiger partial charge in [0, 0.05) is 17.9 Å². The van der Waals surface area contributed by atoms with Crippen LogP contribution in [0.4, 0.5) is 11.4 Å². The van der Waals surface area contributed by atoms with E-state index >= 15 is 0 Å². The number of aromatic nitrogens is 3. The van der Waals surface area contributed by atoms with Gasteiger partial charge in [-0.05, 0) is 74.2 Å². The second kappa shape index (κ2) is 11.0. The minimum Gasteiger partial charge on any atom is -0.326 e. The molecule has 8 heteroatoms. The Morgan fingerprint density at radius 1 is 0.909 bits per heavy atom. The van der Waals surface area contributed by atoms with Gasteiger partial charge in [0.2, 0.25) is 11.8 Å². The summed E-state index contributed by atoms with van der Waals surface area (Å²) < 4.78 is 1.81. The first-order valence-electron chi connectivity index (χ1n) is 10.7. The fourth-order valence-electron chi connectivity index (χ4n) is 3.18. The average molecular weight is 464 g/mol. The van der Waals surface area contributed by atoms with Crippen LogP contribution in [0, 0.1) is 27.7 Å². The van der Waals surface area contributed by atoms with E-state index in [-0.39, 0.29) is 24.0 Å². The molecule has 0 saturated heterocycles. The Morgan fingerprint density at radius 3 is 2.03 bits per heavy atom. The highest BCUT2D eigenvalue weighted by molar-refractivity contribution is 7.99. The Kier molecular flexibility index (Phi) is 8.06. The molecule has 0 spiro atoms. The molecular weight excluding hydrogens is 434 g/mol. The van der Waals surface area contributed by atoms with Crippen LogP contribution in [-0.2, 0) is 22.6 Å². The molecule has 1 aromatic heterocycles. The Hall–Kier alpha value is -3.39. The first-order valence-corrected chi connectivity index (χ1v) is 11.7. The third-order valence-corrected chi connectivity index (χ3v) is 6.30. The van der Waals surface area contributed by atoms with E-state index in [9.17, 15) is 9.59 Å². The summed E-state index contributed by atoms with van der Waals surface area (Å²) in [5, 5.41) is 14.8. The molecule has 0 atom stereocenters. The van der Waals surface area contributed by atoms with Crippen LogP contribution in [0.1, 0.15) is 28.1 Å². The topological polar surface area (TPSA) is 88.9 Å². The van der Waals surface area contributed by atoms with Crippen molar-refractivity contribution in [3.8, 4) is 0 Å². The van der Waals surface area contributed by atoms with Crippen LogP contribution in [0.3, 0.4) is 0 Å². The molecule has 0 aliphatic carbocycles. The van der Waals surface area contributed by atoms with Gasteiger partial charge in [0.05, 0.1) is 12.2 Å². The molecule has 0 aliphatic heterocycles. The van der Waals surface area contributed by atoms with Gasteiger partial charge >= 0.3 is 0 Å². The highest BCUT2D eigenvalue weighted by atomic mass is 32.2. The molecule has 0 bridgehead atoms. The van der Waals surface area contributed by atoms with Crippen molar-refractivity contribution in [2.75, 3.05) is 16.4 Å². The number of nitrogens with one attached hydrogen (secondary N) is 2. The number of anilines is 2. The smallest absolute Gasteiger partial charge is 0.234 e. The number of thioether (sulfide) groups is 1. The average Bonchev–Trinajstić information content (AvgIpc) is 3.13. The lowest BCUT2D eigenvalue weighted by molar-refractivity contribution is -0.116. The Balaban J connectivity index is 1.62. The number of aryl methyl sites for hydroxylation is 4. The summed E-state index contributed by atoms with van der Waals surface area (Å²) in [4.78, 5) is 25.0. The number of hydrogen-bond donors (Lipinski definition) is 2. The summed E-state index contributed by atoms with van der Waals surface area (Å²) >= 11 is 1.27. The van der Waals surface area contributed by atoms with Crippen molar-refractivity contribution in [3.63, 3.8) is 0 Å². The van der Waals surface area contributed by atoms with Gasteiger partial charge in [-0.3, -0.25) is 9.59 Å². The number of nitrogens with zero attached hydrogens (tertiary/aromatic N) is 3. The van der Waals surface area contributed by atoms with Gasteiger partial charge in [-0.1, -0.05) is 30.0 Å². The molecule has 2 aromatic carbocycles. The molecule has 33 heavy (non-hydrogen) atoms. The summed E-state index contributed by atoms with van der Waals surface area (Å²) in [7, 11) is 0. The molecule has 1 heterocycles. The van der Waals surface area contributed by atoms with Gasteiger partial charge in [-0.15, -0.1) is 16.8 Å². The van der Waals surface area contributed by atoms with Gasteiger partial charge in [-0.2, -0.15) is 0 Å². The second-order valence-corrected chi connectivity index (χ2v) is 8.90. The first-order chi connectivity index (χ1) is 15.8. The van der Waals surface area contributed by atoms with Gasteiger partial charge in [0.1, 0.15) is 5.82 Å². The highest BCUT2D eigenvalue weighted by Crippen LogP contribution is 2.20. The highest BCUT2D eigenvalue weighted by Gasteiger charge is 2.16. The van der Waals surface area contributed by atoms with Crippen molar-refractivity contribution in [2.24, 2.45) is 0 Å². The molecule has 2 N–H and O–H groups in total. The minimum atomic E-state index is -0.181. The van der Waals surface area contributed by atoms with Crippen molar-refractivity contribution in [1.29, 1.82) is 0 Å². The lowest BCUT2D eigenvalue weighted by atomic mass is 10.1. The predicted molar refractivity (Wildman–Crippen MR) is 134 cm³/mol. The van der Waals surface area contributed by atoms with E-state index < -0.39 is 0 Å². The Labute approximate surface area is 198 Å². The molecule has 172 valence electrons. The van der Waals surface area contributed by atoms with Gasteiger partial charge < -0.3 is 15.2 Å². The van der Waals surface area contributed by atoms with Crippen LogP contribution >= 0.6 is 11.8 Å². The third-order valence-electron chi connectivity index (χ3n) is 5.34. The summed E-state index contributed by atoms with van der Waals surface area (Å²) in [5.74, 6) is 0.385. The number of hydrogen-bond acceptors (Lipinski definition) is 5. The number of carbonyl (C=O) groups is 2. The monoisotopic (exact) mass is 463 g/mol. The summed E-state index contributed by atoms with van der Waals surface area (Å²) in [6.45, 7) is 12.3. The Morgan fingerprint density at radius 2 is 1.48 bits per heavy atom. The van der Waals surface area contributed by atoms with Crippen molar-refractivity contribution in [3.05, 3.63) is 77.1 Å². The zero-order valence-corrected chi connectivity index (χ0v) is 20.3. The van der Waals surface area contributed by atoms with Gasteiger partial charge in [0.15, 0.2) is 5.16 Å². The van der Waals surface area contributed by atoms with Crippen LogP contribution < -0.4 is 10.6 Å². The lowest BCUT2D eigenvalue weighted by Crippen LogP contribution is -2.18. The van der Waals surface area contributed by atoms with E-state index in [2.05, 4.69) is 27.4 Å². The van der Waals surface area contributed by atoms with E-state index in [1.165, 1.54) is 22.9 Å². The SMILES string of the molecule is C=CCn1c(CC(=O)Nc2ccc(C)c(C)c2)nnc1SCC(=O)Nc1ccc(C)c(C)c1. The molecule has 0 aliphatic rings. The van der Waals surface area contributed by atoms with Crippen LogP contribution in [0.2, 0.25) is 0 Å². The number of rotatable bonds is 9. The molecule has 3 rings (SSSR count). The normalized spacial score (nSPS) is 10.7. The first kappa shape index (κ1) is 24.3. The number of amides is 2.